The van der Waals surface area contributed by atoms with Crippen LogP contribution in [-0.2, 0) is 23.9 Å². The van der Waals surface area contributed by atoms with Crippen LogP contribution < -0.4 is 0 Å². The monoisotopic (exact) mass is 492 g/mol. The Morgan fingerprint density at radius 1 is 0.676 bits per heavy atom. The number of rotatable bonds is 14. The zero-order chi connectivity index (χ0) is 25.3. The van der Waals surface area contributed by atoms with E-state index < -0.39 is 24.0 Å². The molecule has 1 fully saturated rings. The zero-order valence-corrected chi connectivity index (χ0v) is 20.0. The third-order valence-corrected chi connectivity index (χ3v) is 5.36. The summed E-state index contributed by atoms with van der Waals surface area (Å²) in [5.74, 6) is -2.94. The highest BCUT2D eigenvalue weighted by molar-refractivity contribution is 5.69. The first-order valence-corrected chi connectivity index (χ1v) is 11.6. The lowest BCUT2D eigenvalue weighted by Crippen LogP contribution is -2.49. The fourth-order valence-corrected chi connectivity index (χ4v) is 3.64. The number of nitrogens with zero attached hydrogens (tertiary/aromatic N) is 4. The quantitative estimate of drug-likeness (QED) is 0.195. The third kappa shape index (κ3) is 15.1. The molecule has 198 valence electrons. The Bertz CT molecular complexity index is 579. The molecular weight excluding hydrogens is 452 g/mol. The summed E-state index contributed by atoms with van der Waals surface area (Å²) in [6.45, 7) is 6.29. The number of β-amino-alcohol motifs (C(OH)–C–C–N with tert-alkyl or cyclic N) is 1. The predicted molar refractivity (Wildman–Crippen MR) is 122 cm³/mol. The third-order valence-electron chi connectivity index (χ3n) is 5.36. The molecule has 0 radical (unpaired) electrons. The lowest BCUT2D eigenvalue weighted by molar-refractivity contribution is -0.140. The number of hydrogen-bond acceptors (Lipinski definition) is 10. The van der Waals surface area contributed by atoms with Crippen molar-refractivity contribution in [3.05, 3.63) is 0 Å². The van der Waals surface area contributed by atoms with Crippen molar-refractivity contribution in [2.75, 3.05) is 105 Å². The SMILES string of the molecule is CCOCCOCC(O)CN1CCN(CC(=O)O)CCN(CC(=O)O)CCN(CC(=O)O)CC1. The summed E-state index contributed by atoms with van der Waals surface area (Å²) in [5.41, 5.74) is 0. The van der Waals surface area contributed by atoms with E-state index in [1.54, 1.807) is 14.7 Å². The van der Waals surface area contributed by atoms with E-state index >= 15 is 0 Å². The maximum atomic E-state index is 11.3. The van der Waals surface area contributed by atoms with Crippen LogP contribution in [0.4, 0.5) is 0 Å². The van der Waals surface area contributed by atoms with E-state index in [0.29, 0.717) is 78.7 Å². The van der Waals surface area contributed by atoms with Gasteiger partial charge >= 0.3 is 17.9 Å². The van der Waals surface area contributed by atoms with Crippen LogP contribution >= 0.6 is 0 Å². The Balaban J connectivity index is 2.81. The van der Waals surface area contributed by atoms with E-state index in [9.17, 15) is 34.8 Å². The van der Waals surface area contributed by atoms with Crippen LogP contribution in [0.5, 0.6) is 0 Å². The first-order chi connectivity index (χ1) is 16.2. The minimum absolute atomic E-state index is 0.130. The van der Waals surface area contributed by atoms with Gasteiger partial charge in [0.1, 0.15) is 0 Å². The molecule has 1 aliphatic rings. The highest BCUT2D eigenvalue weighted by atomic mass is 16.5. The molecule has 1 atom stereocenters. The Morgan fingerprint density at radius 3 is 1.38 bits per heavy atom. The molecule has 0 spiro atoms. The van der Waals surface area contributed by atoms with Gasteiger partial charge in [0.15, 0.2) is 0 Å². The molecule has 0 aliphatic carbocycles. The summed E-state index contributed by atoms with van der Waals surface area (Å²) in [4.78, 5) is 41.0. The normalized spacial score (nSPS) is 19.2. The fraction of sp³-hybridized carbons (Fsp3) is 0.857. The highest BCUT2D eigenvalue weighted by Crippen LogP contribution is 2.03. The lowest BCUT2D eigenvalue weighted by Gasteiger charge is -2.33. The van der Waals surface area contributed by atoms with Crippen molar-refractivity contribution in [3.63, 3.8) is 0 Å². The Labute approximate surface area is 200 Å². The molecule has 1 unspecified atom stereocenters. The number of ether oxygens (including phenoxy) is 2. The van der Waals surface area contributed by atoms with Gasteiger partial charge in [-0.2, -0.15) is 0 Å². The minimum atomic E-state index is -0.995. The van der Waals surface area contributed by atoms with Crippen molar-refractivity contribution in [1.82, 2.24) is 19.6 Å². The standard InChI is InChI=1S/C21H40N4O9/c1-2-33-11-12-34-17-18(26)13-22-3-5-23(14-19(27)28)7-9-25(16-21(31)32)10-8-24(6-4-22)15-20(29)30/h18,26H,2-17H2,1H3,(H,27,28)(H,29,30)(H,31,32). The van der Waals surface area contributed by atoms with Gasteiger partial charge < -0.3 is 29.9 Å². The van der Waals surface area contributed by atoms with Crippen LogP contribution in [0.1, 0.15) is 6.92 Å². The number of hydrogen-bond donors (Lipinski definition) is 4. The Morgan fingerprint density at radius 2 is 1.03 bits per heavy atom. The maximum Gasteiger partial charge on any atom is 0.317 e. The largest absolute Gasteiger partial charge is 0.480 e. The van der Waals surface area contributed by atoms with Gasteiger partial charge in [-0.3, -0.25) is 34.0 Å². The molecule has 4 N–H and O–H groups in total. The molecule has 1 aliphatic heterocycles. The number of aliphatic hydroxyl groups excluding tert-OH is 1. The van der Waals surface area contributed by atoms with Crippen LogP contribution in [-0.4, -0.2) is 169 Å². The van der Waals surface area contributed by atoms with E-state index in [0.717, 1.165) is 0 Å². The second kappa shape index (κ2) is 17.5. The Kier molecular flexibility index (Phi) is 15.6. The molecule has 0 aromatic rings. The molecule has 1 rings (SSSR count). The molecule has 0 saturated carbocycles. The molecule has 0 aromatic heterocycles. The van der Waals surface area contributed by atoms with E-state index in [4.69, 9.17) is 9.47 Å². The van der Waals surface area contributed by atoms with Crippen molar-refractivity contribution in [3.8, 4) is 0 Å². The number of aliphatic carboxylic acids is 3. The minimum Gasteiger partial charge on any atom is -0.480 e. The molecule has 34 heavy (non-hydrogen) atoms. The van der Waals surface area contributed by atoms with Crippen molar-refractivity contribution < 1.29 is 44.3 Å². The van der Waals surface area contributed by atoms with Crippen LogP contribution in [0.3, 0.4) is 0 Å². The fourth-order valence-electron chi connectivity index (χ4n) is 3.64. The average Bonchev–Trinajstić information content (AvgIpc) is 2.74. The maximum absolute atomic E-state index is 11.3. The van der Waals surface area contributed by atoms with E-state index in [2.05, 4.69) is 0 Å². The van der Waals surface area contributed by atoms with Crippen LogP contribution in [0.15, 0.2) is 0 Å². The van der Waals surface area contributed by atoms with Gasteiger partial charge in [-0.05, 0) is 6.92 Å². The molecule has 0 bridgehead atoms. The van der Waals surface area contributed by atoms with Crippen molar-refractivity contribution >= 4 is 17.9 Å². The predicted octanol–water partition coefficient (Wildman–Crippen LogP) is -2.12. The second-order valence-corrected chi connectivity index (χ2v) is 8.24. The van der Waals surface area contributed by atoms with Gasteiger partial charge in [-0.25, -0.2) is 0 Å². The van der Waals surface area contributed by atoms with Gasteiger partial charge in [0.05, 0.1) is 45.6 Å². The van der Waals surface area contributed by atoms with E-state index in [-0.39, 0.29) is 26.2 Å². The lowest BCUT2D eigenvalue weighted by atomic mass is 10.3. The summed E-state index contributed by atoms with van der Waals surface area (Å²) in [6.07, 6.45) is -0.763. The smallest absolute Gasteiger partial charge is 0.317 e. The molecule has 1 heterocycles. The molecular formula is C21H40N4O9. The number of carboxylic acids is 3. The summed E-state index contributed by atoms with van der Waals surface area (Å²) < 4.78 is 10.6. The number of carbonyl (C=O) groups is 3. The Hall–Kier alpha value is -1.87. The summed E-state index contributed by atoms with van der Waals surface area (Å²) in [7, 11) is 0. The van der Waals surface area contributed by atoms with Crippen molar-refractivity contribution in [2.24, 2.45) is 0 Å². The van der Waals surface area contributed by atoms with Gasteiger partial charge in [-0.1, -0.05) is 0 Å². The van der Waals surface area contributed by atoms with Crippen molar-refractivity contribution in [1.29, 1.82) is 0 Å². The molecule has 0 amide bonds. The summed E-state index contributed by atoms with van der Waals surface area (Å²) in [5, 5.41) is 38.1. The van der Waals surface area contributed by atoms with E-state index in [1.807, 2.05) is 11.8 Å². The molecule has 13 nitrogen and oxygen atoms in total. The van der Waals surface area contributed by atoms with Crippen molar-refractivity contribution in [2.45, 2.75) is 13.0 Å². The van der Waals surface area contributed by atoms with Gasteiger partial charge in [0, 0.05) is 65.5 Å². The summed E-state index contributed by atoms with van der Waals surface area (Å²) in [6, 6.07) is 0. The van der Waals surface area contributed by atoms with Gasteiger partial charge in [0.25, 0.3) is 0 Å². The number of carboxylic acid groups (broad SMARTS) is 3. The van der Waals surface area contributed by atoms with Gasteiger partial charge in [-0.15, -0.1) is 0 Å². The molecule has 1 saturated heterocycles. The highest BCUT2D eigenvalue weighted by Gasteiger charge is 2.21. The summed E-state index contributed by atoms with van der Waals surface area (Å²) >= 11 is 0. The first-order valence-electron chi connectivity index (χ1n) is 11.6. The molecule has 13 heteroatoms. The topological polar surface area (TPSA) is 164 Å². The second-order valence-electron chi connectivity index (χ2n) is 8.24. The van der Waals surface area contributed by atoms with Crippen LogP contribution in [0.25, 0.3) is 0 Å². The first kappa shape index (κ1) is 30.2. The zero-order valence-electron chi connectivity index (χ0n) is 20.0. The number of aliphatic hydroxyl groups is 1. The average molecular weight is 493 g/mol. The van der Waals surface area contributed by atoms with Gasteiger partial charge in [0.2, 0.25) is 0 Å². The van der Waals surface area contributed by atoms with E-state index in [1.165, 1.54) is 0 Å². The van der Waals surface area contributed by atoms with Crippen LogP contribution in [0.2, 0.25) is 0 Å². The molecule has 0 aromatic carbocycles. The van der Waals surface area contributed by atoms with Crippen LogP contribution in [0, 0.1) is 0 Å².